The van der Waals surface area contributed by atoms with Crippen LogP contribution in [0.4, 0.5) is 0 Å². The van der Waals surface area contributed by atoms with Gasteiger partial charge in [-0.3, -0.25) is 9.59 Å². The summed E-state index contributed by atoms with van der Waals surface area (Å²) in [7, 11) is 0. The van der Waals surface area contributed by atoms with Gasteiger partial charge < -0.3 is 100 Å². The number of hydrogen-bond donors (Lipinski definition) is 14. The number of ether oxygens (including phenoxy) is 6. The zero-order valence-corrected chi connectivity index (χ0v) is 57.6. The molecule has 0 spiro atoms. The lowest BCUT2D eigenvalue weighted by Gasteiger charge is -2.50. The summed E-state index contributed by atoms with van der Waals surface area (Å²) in [6.45, 7) is 2.16. The minimum atomic E-state index is -3.08. The lowest BCUT2D eigenvalue weighted by atomic mass is 9.88. The third-order valence-electron chi connectivity index (χ3n) is 18.6. The first-order chi connectivity index (χ1) is 45.4. The van der Waals surface area contributed by atoms with Gasteiger partial charge in [0.25, 0.3) is 5.79 Å². The number of aliphatic hydroxyl groups is 11. The highest BCUT2D eigenvalue weighted by Gasteiger charge is 2.60. The number of allylic oxidation sites excluding steroid dienone is 3. The fourth-order valence-corrected chi connectivity index (χ4v) is 12.8. The number of aliphatic hydroxyl groups excluding tert-OH is 11. The Kier molecular flexibility index (Phi) is 46.7. The first-order valence-electron chi connectivity index (χ1n) is 36.7. The van der Waals surface area contributed by atoms with Gasteiger partial charge >= 0.3 is 5.97 Å². The molecule has 0 aromatic carbocycles. The molecule has 0 aliphatic carbocycles. The Morgan fingerprint density at radius 2 is 1.00 bits per heavy atom. The van der Waals surface area contributed by atoms with Crippen molar-refractivity contribution in [3.8, 4) is 0 Å². The van der Waals surface area contributed by atoms with Gasteiger partial charge in [-0.15, -0.1) is 0 Å². The Morgan fingerprint density at radius 1 is 0.553 bits per heavy atom. The number of nitrogens with one attached hydrogen (secondary N) is 2. The van der Waals surface area contributed by atoms with Crippen LogP contribution >= 0.6 is 0 Å². The molecule has 18 atom stereocenters. The van der Waals surface area contributed by atoms with E-state index in [9.17, 15) is 75.7 Å². The molecule has 3 saturated heterocycles. The maximum absolute atomic E-state index is 13.5. The Hall–Kier alpha value is -2.79. The third kappa shape index (κ3) is 32.9. The molecule has 14 N–H and O–H groups in total. The number of carboxylic acid groups (broad SMARTS) is 1. The molecule has 3 aliphatic heterocycles. The molecular formula is C71H130N2O21. The average Bonchev–Trinajstić information content (AvgIpc) is 0.762. The maximum atomic E-state index is 13.5. The molecule has 3 heterocycles. The van der Waals surface area contributed by atoms with Crippen molar-refractivity contribution in [1.29, 1.82) is 0 Å². The summed E-state index contributed by atoms with van der Waals surface area (Å²) < 4.78 is 34.8. The van der Waals surface area contributed by atoms with Crippen LogP contribution in [0.1, 0.15) is 271 Å². The number of carbonyl (C=O) groups is 3. The van der Waals surface area contributed by atoms with E-state index < -0.39 is 155 Å². The van der Waals surface area contributed by atoms with Gasteiger partial charge in [-0.2, -0.15) is 0 Å². The predicted molar refractivity (Wildman–Crippen MR) is 357 cm³/mol. The molecular weight excluding hydrogens is 1220 g/mol. The molecule has 0 saturated carbocycles. The molecule has 0 aromatic heterocycles. The second-order valence-electron chi connectivity index (χ2n) is 26.8. The van der Waals surface area contributed by atoms with Crippen molar-refractivity contribution in [2.45, 2.75) is 381 Å². The van der Waals surface area contributed by atoms with Crippen molar-refractivity contribution in [3.63, 3.8) is 0 Å². The Bertz CT molecular complexity index is 1990. The molecule has 2 amide bonds. The molecule has 0 bridgehead atoms. The number of hydrogen-bond acceptors (Lipinski definition) is 20. The van der Waals surface area contributed by atoms with Crippen LogP contribution in [0.25, 0.3) is 0 Å². The molecule has 23 nitrogen and oxygen atoms in total. The van der Waals surface area contributed by atoms with E-state index in [-0.39, 0.29) is 12.3 Å². The molecule has 3 rings (SSSR count). The molecule has 94 heavy (non-hydrogen) atoms. The van der Waals surface area contributed by atoms with Gasteiger partial charge in [0, 0.05) is 19.8 Å². The van der Waals surface area contributed by atoms with E-state index in [2.05, 4.69) is 36.6 Å². The summed E-state index contributed by atoms with van der Waals surface area (Å²) in [6.07, 6.45) is 23.5. The lowest BCUT2D eigenvalue weighted by Crippen LogP contribution is -2.70. The van der Waals surface area contributed by atoms with Crippen LogP contribution in [0.15, 0.2) is 24.3 Å². The average molecular weight is 1350 g/mol. The van der Waals surface area contributed by atoms with Gasteiger partial charge in [0.1, 0.15) is 67.1 Å². The van der Waals surface area contributed by atoms with Gasteiger partial charge in [0.15, 0.2) is 12.6 Å². The van der Waals surface area contributed by atoms with Crippen LogP contribution in [0.3, 0.4) is 0 Å². The molecule has 18 unspecified atom stereocenters. The number of aliphatic carboxylic acids is 1. The lowest BCUT2D eigenvalue weighted by molar-refractivity contribution is -0.386. The Labute approximate surface area is 562 Å². The van der Waals surface area contributed by atoms with Crippen molar-refractivity contribution in [1.82, 2.24) is 10.6 Å². The molecule has 3 fully saturated rings. The van der Waals surface area contributed by atoms with Crippen LogP contribution in [0, 0.1) is 0 Å². The predicted octanol–water partition coefficient (Wildman–Crippen LogP) is 7.62. The second kappa shape index (κ2) is 51.4. The minimum absolute atomic E-state index is 0.196. The summed E-state index contributed by atoms with van der Waals surface area (Å²) in [5.74, 6) is -6.14. The molecule has 23 heteroatoms. The Balaban J connectivity index is 1.59. The van der Waals surface area contributed by atoms with Crippen LogP contribution in [-0.2, 0) is 42.8 Å². The zero-order valence-electron chi connectivity index (χ0n) is 57.6. The number of unbranched alkanes of at least 4 members (excludes halogenated alkanes) is 34. The highest BCUT2D eigenvalue weighted by molar-refractivity contribution is 5.77. The maximum Gasteiger partial charge on any atom is 0.364 e. The largest absolute Gasteiger partial charge is 0.477 e. The molecule has 0 radical (unpaired) electrons. The smallest absolute Gasteiger partial charge is 0.364 e. The first-order valence-corrected chi connectivity index (χ1v) is 36.7. The van der Waals surface area contributed by atoms with Gasteiger partial charge in [0.2, 0.25) is 11.8 Å². The fraction of sp³-hybridized carbons (Fsp3) is 0.901. The van der Waals surface area contributed by atoms with Gasteiger partial charge in [-0.1, -0.05) is 231 Å². The van der Waals surface area contributed by atoms with E-state index in [1.54, 1.807) is 6.08 Å². The number of amides is 2. The Morgan fingerprint density at radius 3 is 1.45 bits per heavy atom. The third-order valence-corrected chi connectivity index (χ3v) is 18.6. The SMILES string of the molecule is CCCCCCCCCC/C=C\CCCCCCCCCC(=O)NC(COC1OC(CO)C(OC2OC(CO)C(O)C(OC3(C(=O)O)CC(O)C(NC(C)=O)C(C(O)C(O)CO)O3)C2O)C(O)C1O)C(O)/C=C/CCCCCCCCCCCCCCCCCCCCC. The monoisotopic (exact) mass is 1350 g/mol. The van der Waals surface area contributed by atoms with Crippen LogP contribution < -0.4 is 10.6 Å². The van der Waals surface area contributed by atoms with E-state index in [0.717, 1.165) is 77.6 Å². The second-order valence-corrected chi connectivity index (χ2v) is 26.8. The van der Waals surface area contributed by atoms with E-state index in [4.69, 9.17) is 28.4 Å². The van der Waals surface area contributed by atoms with Crippen LogP contribution in [0.5, 0.6) is 0 Å². The van der Waals surface area contributed by atoms with Crippen molar-refractivity contribution in [2.24, 2.45) is 0 Å². The topological polar surface area (TPSA) is 373 Å². The molecule has 550 valence electrons. The normalized spacial score (nSPS) is 28.0. The quantitative estimate of drug-likeness (QED) is 0.0205. The van der Waals surface area contributed by atoms with Gasteiger partial charge in [0.05, 0.1) is 50.7 Å². The van der Waals surface area contributed by atoms with E-state index >= 15 is 0 Å². The van der Waals surface area contributed by atoms with Crippen LogP contribution in [0.2, 0.25) is 0 Å². The highest BCUT2D eigenvalue weighted by atomic mass is 16.8. The van der Waals surface area contributed by atoms with E-state index in [1.807, 2.05) is 6.08 Å². The minimum Gasteiger partial charge on any atom is -0.477 e. The van der Waals surface area contributed by atoms with E-state index in [0.29, 0.717) is 12.8 Å². The summed E-state index contributed by atoms with van der Waals surface area (Å²) >= 11 is 0. The molecule has 3 aliphatic rings. The van der Waals surface area contributed by atoms with Crippen molar-refractivity contribution in [2.75, 3.05) is 26.4 Å². The standard InChI is InChI=1S/C71H130N2O21/c1-4-6-8-10-12-14-16-18-20-22-24-25-27-28-30-32-34-36-38-40-42-44-53(78)52(73-58(81)45-43-41-39-37-35-33-31-29-26-23-21-19-17-15-13-11-9-7-5-2)50-89-68-63(85)62(84)65(57(49-76)91-68)92-69-64(86)67(61(83)56(48-75)90-69)94-71(70(87)88)46-54(79)59(72-51(3)77)66(93-71)60(82)55(80)47-74/h23,26,42,44,52-57,59-69,74-76,78-80,82-86H,4-22,24-25,27-41,43,45-50H2,1-3H3,(H,72,77)(H,73,81)(H,87,88)/b26-23-,44-42+. The van der Waals surface area contributed by atoms with E-state index in [1.165, 1.54) is 154 Å². The number of carbonyl (C=O) groups excluding carboxylic acids is 2. The summed E-state index contributed by atoms with van der Waals surface area (Å²) in [5, 5.41) is 136. The number of carboxylic acids is 1. The zero-order chi connectivity index (χ0) is 68.9. The van der Waals surface area contributed by atoms with Crippen molar-refractivity contribution in [3.05, 3.63) is 24.3 Å². The molecule has 0 aromatic rings. The first kappa shape index (κ1) is 85.4. The number of rotatable bonds is 56. The van der Waals surface area contributed by atoms with Crippen molar-refractivity contribution >= 4 is 17.8 Å². The summed E-state index contributed by atoms with van der Waals surface area (Å²) in [5.41, 5.74) is 0. The van der Waals surface area contributed by atoms with Gasteiger partial charge in [-0.25, -0.2) is 4.79 Å². The van der Waals surface area contributed by atoms with Gasteiger partial charge in [-0.05, 0) is 44.9 Å². The summed E-state index contributed by atoms with van der Waals surface area (Å²) in [6, 6.07) is -2.62. The van der Waals surface area contributed by atoms with Crippen molar-refractivity contribution < 1.29 is 104 Å². The fourth-order valence-electron chi connectivity index (χ4n) is 12.8. The van der Waals surface area contributed by atoms with Crippen LogP contribution in [-0.4, -0.2) is 215 Å². The highest BCUT2D eigenvalue weighted by Crippen LogP contribution is 2.39. The summed E-state index contributed by atoms with van der Waals surface area (Å²) in [4.78, 5) is 38.6.